The quantitative estimate of drug-likeness (QED) is 0.857. The Hall–Kier alpha value is -2.14. The fraction of sp³-hybridized carbons (Fsp3) is 0.312. The number of hydrogen-bond acceptors (Lipinski definition) is 2. The highest BCUT2D eigenvalue weighted by molar-refractivity contribution is 5.90. The molecule has 1 saturated carbocycles. The van der Waals surface area contributed by atoms with Gasteiger partial charge in [0.25, 0.3) is 0 Å². The summed E-state index contributed by atoms with van der Waals surface area (Å²) in [5, 5.41) is 6.00. The van der Waals surface area contributed by atoms with Gasteiger partial charge in [0.05, 0.1) is 5.69 Å². The fourth-order valence-electron chi connectivity index (χ4n) is 2.16. The number of amides is 1. The van der Waals surface area contributed by atoms with Crippen molar-refractivity contribution in [3.05, 3.63) is 54.1 Å². The molecule has 0 unspecified atom stereocenters. The van der Waals surface area contributed by atoms with Gasteiger partial charge in [-0.3, -0.25) is 4.79 Å². The summed E-state index contributed by atoms with van der Waals surface area (Å²) in [4.78, 5) is 11.9. The van der Waals surface area contributed by atoms with Gasteiger partial charge in [0.1, 0.15) is 12.4 Å². The van der Waals surface area contributed by atoms with E-state index < -0.39 is 5.82 Å². The highest BCUT2D eigenvalue weighted by Crippen LogP contribution is 2.19. The zero-order valence-electron chi connectivity index (χ0n) is 11.7. The number of aromatic nitrogens is 1. The number of benzene rings is 1. The van der Waals surface area contributed by atoms with Crippen molar-refractivity contribution in [1.29, 1.82) is 0 Å². The normalized spacial score (nSPS) is 14.1. The zero-order valence-corrected chi connectivity index (χ0v) is 11.7. The number of nitrogens with one attached hydrogen (secondary N) is 2. The number of carbonyl (C=O) groups excluding carboxylic acids is 1. The number of anilines is 1. The molecule has 1 aromatic heterocycles. The minimum Gasteiger partial charge on any atom is -0.345 e. The van der Waals surface area contributed by atoms with E-state index in [1.54, 1.807) is 22.8 Å². The molecule has 1 aliphatic carbocycles. The largest absolute Gasteiger partial charge is 0.345 e. The van der Waals surface area contributed by atoms with E-state index in [2.05, 4.69) is 10.6 Å². The van der Waals surface area contributed by atoms with Crippen molar-refractivity contribution in [3.63, 3.8) is 0 Å². The van der Waals surface area contributed by atoms with Crippen LogP contribution in [0.3, 0.4) is 0 Å². The molecule has 2 aromatic rings. The first-order valence-corrected chi connectivity index (χ1v) is 7.13. The first kappa shape index (κ1) is 13.8. The topological polar surface area (TPSA) is 46.1 Å². The van der Waals surface area contributed by atoms with Gasteiger partial charge in [-0.25, -0.2) is 4.39 Å². The molecule has 0 saturated heterocycles. The summed E-state index contributed by atoms with van der Waals surface area (Å²) < 4.78 is 15.3. The van der Waals surface area contributed by atoms with Crippen molar-refractivity contribution >= 4 is 11.6 Å². The lowest BCUT2D eigenvalue weighted by molar-refractivity contribution is -0.116. The number of nitrogens with zero attached hydrogens (tertiary/aromatic N) is 1. The summed E-state index contributed by atoms with van der Waals surface area (Å²) in [6.45, 7) is 1.00. The van der Waals surface area contributed by atoms with Crippen LogP contribution in [0.2, 0.25) is 0 Å². The van der Waals surface area contributed by atoms with Crippen LogP contribution >= 0.6 is 0 Å². The molecule has 110 valence electrons. The Morgan fingerprint density at radius 3 is 2.86 bits per heavy atom. The van der Waals surface area contributed by atoms with Crippen molar-refractivity contribution in [2.24, 2.45) is 0 Å². The maximum absolute atomic E-state index is 13.4. The Morgan fingerprint density at radius 2 is 2.10 bits per heavy atom. The number of para-hydroxylation sites is 1. The molecule has 1 aliphatic rings. The maximum Gasteiger partial charge on any atom is 0.244 e. The van der Waals surface area contributed by atoms with E-state index in [-0.39, 0.29) is 18.1 Å². The van der Waals surface area contributed by atoms with Gasteiger partial charge in [-0.05, 0) is 36.6 Å². The van der Waals surface area contributed by atoms with Crippen molar-refractivity contribution in [3.8, 4) is 0 Å². The molecule has 21 heavy (non-hydrogen) atoms. The van der Waals surface area contributed by atoms with Crippen LogP contribution in [0.15, 0.2) is 42.7 Å². The van der Waals surface area contributed by atoms with E-state index in [4.69, 9.17) is 0 Å². The highest BCUT2D eigenvalue weighted by atomic mass is 19.1. The lowest BCUT2D eigenvalue weighted by Gasteiger charge is -2.07. The van der Waals surface area contributed by atoms with E-state index in [0.717, 1.165) is 12.1 Å². The summed E-state index contributed by atoms with van der Waals surface area (Å²) >= 11 is 0. The second-order valence-corrected chi connectivity index (χ2v) is 5.38. The molecule has 0 atom stereocenters. The highest BCUT2D eigenvalue weighted by Gasteiger charge is 2.20. The average Bonchev–Trinajstić information content (AvgIpc) is 3.19. The maximum atomic E-state index is 13.4. The molecule has 0 spiro atoms. The third-order valence-corrected chi connectivity index (χ3v) is 3.46. The molecule has 0 radical (unpaired) electrons. The summed E-state index contributed by atoms with van der Waals surface area (Å²) in [7, 11) is 0. The lowest BCUT2D eigenvalue weighted by atomic mass is 10.3. The molecule has 1 heterocycles. The second kappa shape index (κ2) is 6.10. The first-order valence-electron chi connectivity index (χ1n) is 7.13. The Balaban J connectivity index is 1.53. The van der Waals surface area contributed by atoms with Crippen LogP contribution in [-0.4, -0.2) is 16.5 Å². The van der Waals surface area contributed by atoms with Crippen LogP contribution in [0.1, 0.15) is 18.4 Å². The van der Waals surface area contributed by atoms with Gasteiger partial charge in [-0.1, -0.05) is 12.1 Å². The molecule has 1 fully saturated rings. The van der Waals surface area contributed by atoms with Gasteiger partial charge in [0.15, 0.2) is 0 Å². The Morgan fingerprint density at radius 1 is 1.29 bits per heavy atom. The van der Waals surface area contributed by atoms with Gasteiger partial charge in [0, 0.05) is 25.0 Å². The van der Waals surface area contributed by atoms with Gasteiger partial charge in [-0.15, -0.1) is 0 Å². The van der Waals surface area contributed by atoms with Crippen molar-refractivity contribution in [2.75, 3.05) is 5.32 Å². The lowest BCUT2D eigenvalue weighted by Crippen LogP contribution is -2.18. The molecule has 5 heteroatoms. The molecular weight excluding hydrogens is 269 g/mol. The Labute approximate surface area is 123 Å². The van der Waals surface area contributed by atoms with E-state index in [0.29, 0.717) is 6.04 Å². The molecule has 3 rings (SSSR count). The van der Waals surface area contributed by atoms with Crippen LogP contribution in [-0.2, 0) is 17.9 Å². The van der Waals surface area contributed by atoms with Gasteiger partial charge >= 0.3 is 0 Å². The number of hydrogen-bond donors (Lipinski definition) is 2. The molecule has 0 aliphatic heterocycles. The average molecular weight is 287 g/mol. The summed E-state index contributed by atoms with van der Waals surface area (Å²) in [6, 6.07) is 8.82. The Kier molecular flexibility index (Phi) is 4.01. The van der Waals surface area contributed by atoms with Gasteiger partial charge < -0.3 is 15.2 Å². The van der Waals surface area contributed by atoms with E-state index in [1.165, 1.54) is 18.9 Å². The van der Waals surface area contributed by atoms with E-state index >= 15 is 0 Å². The predicted molar refractivity (Wildman–Crippen MR) is 79.3 cm³/mol. The molecule has 2 N–H and O–H groups in total. The smallest absolute Gasteiger partial charge is 0.244 e. The molecule has 1 amide bonds. The predicted octanol–water partition coefficient (Wildman–Crippen LogP) is 2.52. The summed E-state index contributed by atoms with van der Waals surface area (Å²) in [5.74, 6) is -0.662. The SMILES string of the molecule is O=C(Cn1ccc(CNC2CC2)c1)Nc1ccccc1F. The minimum absolute atomic E-state index is 0.178. The molecule has 1 aromatic carbocycles. The summed E-state index contributed by atoms with van der Waals surface area (Å²) in [6.07, 6.45) is 6.32. The standard InChI is InChI=1S/C16H18FN3O/c17-14-3-1-2-4-15(14)19-16(21)11-20-8-7-12(10-20)9-18-13-5-6-13/h1-4,7-8,10,13,18H,5-6,9,11H2,(H,19,21). The first-order chi connectivity index (χ1) is 10.2. The van der Waals surface area contributed by atoms with E-state index in [9.17, 15) is 9.18 Å². The monoisotopic (exact) mass is 287 g/mol. The third kappa shape index (κ3) is 3.92. The second-order valence-electron chi connectivity index (χ2n) is 5.38. The number of rotatable bonds is 6. The fourth-order valence-corrected chi connectivity index (χ4v) is 2.16. The zero-order chi connectivity index (χ0) is 14.7. The Bertz CT molecular complexity index is 634. The van der Waals surface area contributed by atoms with Crippen LogP contribution in [0, 0.1) is 5.82 Å². The molecule has 0 bridgehead atoms. The van der Waals surface area contributed by atoms with Gasteiger partial charge in [0.2, 0.25) is 5.91 Å². The van der Waals surface area contributed by atoms with Crippen molar-refractivity contribution in [1.82, 2.24) is 9.88 Å². The molecular formula is C16H18FN3O. The van der Waals surface area contributed by atoms with Crippen molar-refractivity contribution in [2.45, 2.75) is 32.0 Å². The van der Waals surface area contributed by atoms with Gasteiger partial charge in [-0.2, -0.15) is 0 Å². The van der Waals surface area contributed by atoms with Crippen molar-refractivity contribution < 1.29 is 9.18 Å². The molecule has 4 nitrogen and oxygen atoms in total. The number of halogens is 1. The van der Waals surface area contributed by atoms with Crippen LogP contribution in [0.25, 0.3) is 0 Å². The number of carbonyl (C=O) groups is 1. The third-order valence-electron chi connectivity index (χ3n) is 3.46. The summed E-state index contributed by atoms with van der Waals surface area (Å²) in [5.41, 5.74) is 1.37. The van der Waals surface area contributed by atoms with Crippen LogP contribution < -0.4 is 10.6 Å². The van der Waals surface area contributed by atoms with Crippen LogP contribution in [0.5, 0.6) is 0 Å². The van der Waals surface area contributed by atoms with Crippen LogP contribution in [0.4, 0.5) is 10.1 Å². The van der Waals surface area contributed by atoms with E-state index in [1.807, 2.05) is 18.5 Å². The minimum atomic E-state index is -0.423.